The first-order chi connectivity index (χ1) is 3.91. The number of rotatable bonds is 4. The molecule has 3 heteroatoms. The average molecular weight is 114 g/mol. The molecule has 0 rings (SSSR count). The van der Waals surface area contributed by atoms with Crippen molar-refractivity contribution in [2.45, 2.75) is 6.42 Å². The molecule has 0 aromatic rings. The maximum absolute atomic E-state index is 9.67. The van der Waals surface area contributed by atoms with Gasteiger partial charge in [0.1, 0.15) is 6.29 Å². The standard InChI is InChI=1S/C5H10N2O/c6-2-4-7-3-1-5-8/h2,4-5,7H,1,3,6H2/b4-2-. The molecule has 0 aromatic heterocycles. The van der Waals surface area contributed by atoms with Crippen molar-refractivity contribution in [3.05, 3.63) is 12.4 Å². The summed E-state index contributed by atoms with van der Waals surface area (Å²) in [7, 11) is 0. The normalized spacial score (nSPS) is 9.50. The lowest BCUT2D eigenvalue weighted by atomic mass is 10.5. The summed E-state index contributed by atoms with van der Waals surface area (Å²) in [5, 5.41) is 2.80. The molecule has 0 amide bonds. The fraction of sp³-hybridized carbons (Fsp3) is 0.400. The first-order valence-corrected chi connectivity index (χ1v) is 2.45. The third kappa shape index (κ3) is 5.01. The van der Waals surface area contributed by atoms with Crippen LogP contribution >= 0.6 is 0 Å². The summed E-state index contributed by atoms with van der Waals surface area (Å²) in [6.45, 7) is 0.664. The van der Waals surface area contributed by atoms with Crippen LogP contribution in [-0.2, 0) is 4.79 Å². The van der Waals surface area contributed by atoms with Crippen molar-refractivity contribution in [1.29, 1.82) is 0 Å². The minimum Gasteiger partial charge on any atom is -0.403 e. The number of aldehydes is 1. The predicted octanol–water partition coefficient (Wildman–Crippen LogP) is -0.405. The number of nitrogens with one attached hydrogen (secondary N) is 1. The Hall–Kier alpha value is -0.990. The molecule has 0 aromatic carbocycles. The second kappa shape index (κ2) is 6.01. The lowest BCUT2D eigenvalue weighted by Gasteiger charge is -1.90. The zero-order valence-electron chi connectivity index (χ0n) is 4.63. The molecule has 46 valence electrons. The van der Waals surface area contributed by atoms with E-state index >= 15 is 0 Å². The monoisotopic (exact) mass is 114 g/mol. The van der Waals surface area contributed by atoms with Crippen molar-refractivity contribution in [1.82, 2.24) is 5.32 Å². The number of carbonyl (C=O) groups is 1. The molecule has 0 fully saturated rings. The van der Waals surface area contributed by atoms with Gasteiger partial charge in [-0.3, -0.25) is 0 Å². The van der Waals surface area contributed by atoms with E-state index in [9.17, 15) is 4.79 Å². The van der Waals surface area contributed by atoms with Crippen LogP contribution in [0.5, 0.6) is 0 Å². The lowest BCUT2D eigenvalue weighted by Crippen LogP contribution is -2.07. The molecule has 0 unspecified atom stereocenters. The summed E-state index contributed by atoms with van der Waals surface area (Å²) in [6.07, 6.45) is 4.38. The Bertz CT molecular complexity index is 80.5. The van der Waals surface area contributed by atoms with E-state index in [0.29, 0.717) is 13.0 Å². The van der Waals surface area contributed by atoms with Gasteiger partial charge in [0, 0.05) is 25.4 Å². The molecule has 0 aliphatic heterocycles. The molecule has 0 saturated carbocycles. The maximum Gasteiger partial charge on any atom is 0.121 e. The van der Waals surface area contributed by atoms with Crippen LogP contribution in [0.4, 0.5) is 0 Å². The van der Waals surface area contributed by atoms with Gasteiger partial charge < -0.3 is 15.8 Å². The molecule has 3 nitrogen and oxygen atoms in total. The van der Waals surface area contributed by atoms with Crippen molar-refractivity contribution in [3.63, 3.8) is 0 Å². The van der Waals surface area contributed by atoms with Gasteiger partial charge >= 0.3 is 0 Å². The number of carbonyl (C=O) groups excluding carboxylic acids is 1. The van der Waals surface area contributed by atoms with Gasteiger partial charge in [0.05, 0.1) is 0 Å². The summed E-state index contributed by atoms with van der Waals surface area (Å²) in [5.41, 5.74) is 4.98. The van der Waals surface area contributed by atoms with Gasteiger partial charge in [-0.2, -0.15) is 0 Å². The Labute approximate surface area is 48.6 Å². The molecule has 0 saturated heterocycles. The highest BCUT2D eigenvalue weighted by Crippen LogP contribution is 1.65. The molecule has 0 atom stereocenters. The predicted molar refractivity (Wildman–Crippen MR) is 32.0 cm³/mol. The van der Waals surface area contributed by atoms with Crippen molar-refractivity contribution in [2.75, 3.05) is 6.54 Å². The molecule has 3 N–H and O–H groups in total. The van der Waals surface area contributed by atoms with Crippen molar-refractivity contribution >= 4 is 6.29 Å². The van der Waals surface area contributed by atoms with Crippen molar-refractivity contribution in [2.24, 2.45) is 5.73 Å². The van der Waals surface area contributed by atoms with Gasteiger partial charge in [0.2, 0.25) is 0 Å². The van der Waals surface area contributed by atoms with Crippen molar-refractivity contribution in [3.8, 4) is 0 Å². The van der Waals surface area contributed by atoms with E-state index in [4.69, 9.17) is 5.73 Å². The lowest BCUT2D eigenvalue weighted by molar-refractivity contribution is -0.107. The highest BCUT2D eigenvalue weighted by atomic mass is 16.1. The molecule has 0 aliphatic rings. The quantitative estimate of drug-likeness (QED) is 0.386. The van der Waals surface area contributed by atoms with Crippen LogP contribution in [0.25, 0.3) is 0 Å². The summed E-state index contributed by atoms with van der Waals surface area (Å²) in [5.74, 6) is 0. The minimum absolute atomic E-state index is 0.532. The fourth-order valence-electron chi connectivity index (χ4n) is 0.294. The second-order valence-corrected chi connectivity index (χ2v) is 1.27. The van der Waals surface area contributed by atoms with E-state index in [1.165, 1.54) is 6.20 Å². The summed E-state index contributed by atoms with van der Waals surface area (Å²) in [4.78, 5) is 9.67. The van der Waals surface area contributed by atoms with E-state index in [1.807, 2.05) is 0 Å². The Balaban J connectivity index is 2.82. The zero-order valence-corrected chi connectivity index (χ0v) is 4.63. The van der Waals surface area contributed by atoms with E-state index in [1.54, 1.807) is 6.20 Å². The molecular weight excluding hydrogens is 104 g/mol. The topological polar surface area (TPSA) is 55.1 Å². The highest BCUT2D eigenvalue weighted by molar-refractivity contribution is 5.49. The van der Waals surface area contributed by atoms with Gasteiger partial charge in [-0.15, -0.1) is 0 Å². The third-order valence-corrected chi connectivity index (χ3v) is 0.621. The first-order valence-electron chi connectivity index (χ1n) is 2.45. The van der Waals surface area contributed by atoms with Crippen LogP contribution in [-0.4, -0.2) is 12.8 Å². The van der Waals surface area contributed by atoms with Gasteiger partial charge in [0.25, 0.3) is 0 Å². The summed E-state index contributed by atoms with van der Waals surface area (Å²) < 4.78 is 0. The highest BCUT2D eigenvalue weighted by Gasteiger charge is 1.75. The van der Waals surface area contributed by atoms with Crippen LogP contribution in [0.15, 0.2) is 12.4 Å². The van der Waals surface area contributed by atoms with E-state index in [0.717, 1.165) is 6.29 Å². The minimum atomic E-state index is 0.532. The van der Waals surface area contributed by atoms with Gasteiger partial charge in [-0.1, -0.05) is 0 Å². The molecule has 8 heavy (non-hydrogen) atoms. The van der Waals surface area contributed by atoms with Crippen LogP contribution in [0, 0.1) is 0 Å². The van der Waals surface area contributed by atoms with E-state index < -0.39 is 0 Å². The Kier molecular flexibility index (Phi) is 5.27. The Morgan fingerprint density at radius 2 is 2.38 bits per heavy atom. The van der Waals surface area contributed by atoms with Gasteiger partial charge in [-0.25, -0.2) is 0 Å². The molecule has 0 spiro atoms. The molecule has 0 bridgehead atoms. The van der Waals surface area contributed by atoms with E-state index in [2.05, 4.69) is 5.32 Å². The van der Waals surface area contributed by atoms with Gasteiger partial charge in [-0.05, 0) is 0 Å². The summed E-state index contributed by atoms with van der Waals surface area (Å²) >= 11 is 0. The van der Waals surface area contributed by atoms with Crippen LogP contribution in [0.2, 0.25) is 0 Å². The first kappa shape index (κ1) is 7.01. The number of nitrogens with two attached hydrogens (primary N) is 1. The second-order valence-electron chi connectivity index (χ2n) is 1.27. The smallest absolute Gasteiger partial charge is 0.121 e. The number of hydrogen-bond donors (Lipinski definition) is 2. The van der Waals surface area contributed by atoms with Crippen LogP contribution in [0.1, 0.15) is 6.42 Å². The van der Waals surface area contributed by atoms with Gasteiger partial charge in [0.15, 0.2) is 0 Å². The summed E-state index contributed by atoms with van der Waals surface area (Å²) in [6, 6.07) is 0. The molecule has 0 aliphatic carbocycles. The number of hydrogen-bond acceptors (Lipinski definition) is 3. The van der Waals surface area contributed by atoms with Crippen LogP contribution in [0.3, 0.4) is 0 Å². The largest absolute Gasteiger partial charge is 0.403 e. The van der Waals surface area contributed by atoms with E-state index in [-0.39, 0.29) is 0 Å². The fourth-order valence-corrected chi connectivity index (χ4v) is 0.294. The maximum atomic E-state index is 9.67. The third-order valence-electron chi connectivity index (χ3n) is 0.621. The SMILES string of the molecule is N/C=C\NCCC=O. The van der Waals surface area contributed by atoms with Crippen molar-refractivity contribution < 1.29 is 4.79 Å². The molecule has 0 heterocycles. The molecule has 0 radical (unpaired) electrons. The van der Waals surface area contributed by atoms with Crippen LogP contribution < -0.4 is 11.1 Å². The Morgan fingerprint density at radius 1 is 1.62 bits per heavy atom. The zero-order chi connectivity index (χ0) is 6.24. The Morgan fingerprint density at radius 3 is 2.88 bits per heavy atom. The molecular formula is C5H10N2O. The average Bonchev–Trinajstić information content (AvgIpc) is 1.81.